The Morgan fingerprint density at radius 2 is 1.75 bits per heavy atom. The summed E-state index contributed by atoms with van der Waals surface area (Å²) in [7, 11) is 1.83. The fourth-order valence-electron chi connectivity index (χ4n) is 4.99. The van der Waals surface area contributed by atoms with E-state index in [9.17, 15) is 14.0 Å². The van der Waals surface area contributed by atoms with E-state index in [0.717, 1.165) is 44.3 Å². The van der Waals surface area contributed by atoms with Crippen molar-refractivity contribution >= 4 is 11.8 Å². The molecule has 2 amide bonds. The number of carbonyl (C=O) groups is 2. The SMILES string of the molecule is CN1CCOc2ccccc2CCCCC2(CCCN(C(=O)c3ccc(F)cc3)C2)C1=O. The van der Waals surface area contributed by atoms with Crippen molar-refractivity contribution in [2.45, 2.75) is 38.5 Å². The number of likely N-dealkylation sites (tertiary alicyclic amines) is 1. The van der Waals surface area contributed by atoms with Crippen LogP contribution in [0.15, 0.2) is 48.5 Å². The van der Waals surface area contributed by atoms with Gasteiger partial charge in [0.1, 0.15) is 18.2 Å². The molecule has 0 bridgehead atoms. The molecule has 2 aliphatic heterocycles. The number of para-hydroxylation sites is 1. The van der Waals surface area contributed by atoms with Gasteiger partial charge in [-0.2, -0.15) is 0 Å². The summed E-state index contributed by atoms with van der Waals surface area (Å²) >= 11 is 0. The molecule has 1 spiro atoms. The van der Waals surface area contributed by atoms with Gasteiger partial charge in [0.25, 0.3) is 5.91 Å². The van der Waals surface area contributed by atoms with Gasteiger partial charge in [0.05, 0.1) is 12.0 Å². The van der Waals surface area contributed by atoms with Gasteiger partial charge in [0, 0.05) is 25.7 Å². The van der Waals surface area contributed by atoms with Crippen LogP contribution in [0.2, 0.25) is 0 Å². The summed E-state index contributed by atoms with van der Waals surface area (Å²) in [5.41, 5.74) is 1.08. The van der Waals surface area contributed by atoms with Crippen LogP contribution >= 0.6 is 0 Å². The first kappa shape index (κ1) is 22.3. The zero-order valence-electron chi connectivity index (χ0n) is 18.7. The third-order valence-corrected chi connectivity index (χ3v) is 6.76. The molecular formula is C26H31FN2O3. The van der Waals surface area contributed by atoms with E-state index < -0.39 is 5.41 Å². The molecule has 32 heavy (non-hydrogen) atoms. The van der Waals surface area contributed by atoms with Gasteiger partial charge in [0.15, 0.2) is 0 Å². The number of aryl methyl sites for hydroxylation is 1. The van der Waals surface area contributed by atoms with E-state index in [2.05, 4.69) is 6.07 Å². The fourth-order valence-corrected chi connectivity index (χ4v) is 4.99. The van der Waals surface area contributed by atoms with Crippen molar-refractivity contribution in [3.63, 3.8) is 0 Å². The number of nitrogens with zero attached hydrogens (tertiary/aromatic N) is 2. The number of ether oxygens (including phenoxy) is 1. The van der Waals surface area contributed by atoms with Crippen LogP contribution in [0.3, 0.4) is 0 Å². The average Bonchev–Trinajstić information content (AvgIpc) is 2.81. The first-order valence-electron chi connectivity index (χ1n) is 11.5. The number of benzene rings is 2. The Labute approximate surface area is 189 Å². The third-order valence-electron chi connectivity index (χ3n) is 6.76. The highest BCUT2D eigenvalue weighted by molar-refractivity contribution is 5.95. The zero-order valence-corrected chi connectivity index (χ0v) is 18.7. The highest BCUT2D eigenvalue weighted by Crippen LogP contribution is 2.38. The van der Waals surface area contributed by atoms with Crippen molar-refractivity contribution < 1.29 is 18.7 Å². The predicted octanol–water partition coefficient (Wildman–Crippen LogP) is 4.31. The van der Waals surface area contributed by atoms with Crippen LogP contribution in [0, 0.1) is 11.2 Å². The molecule has 0 N–H and O–H groups in total. The third kappa shape index (κ3) is 4.79. The van der Waals surface area contributed by atoms with Gasteiger partial charge in [-0.25, -0.2) is 4.39 Å². The summed E-state index contributed by atoms with van der Waals surface area (Å²) in [5, 5.41) is 0. The van der Waals surface area contributed by atoms with E-state index in [-0.39, 0.29) is 17.6 Å². The maximum atomic E-state index is 13.6. The molecule has 2 aliphatic rings. The molecule has 6 heteroatoms. The van der Waals surface area contributed by atoms with Crippen LogP contribution in [0.1, 0.15) is 48.0 Å². The lowest BCUT2D eigenvalue weighted by atomic mass is 9.74. The van der Waals surface area contributed by atoms with Crippen LogP contribution in [0.4, 0.5) is 4.39 Å². The molecule has 170 valence electrons. The molecule has 1 unspecified atom stereocenters. The monoisotopic (exact) mass is 438 g/mol. The van der Waals surface area contributed by atoms with Gasteiger partial charge in [0.2, 0.25) is 5.91 Å². The Morgan fingerprint density at radius 1 is 1.00 bits per heavy atom. The van der Waals surface area contributed by atoms with Crippen molar-refractivity contribution in [3.05, 3.63) is 65.5 Å². The Hall–Kier alpha value is -2.89. The summed E-state index contributed by atoms with van der Waals surface area (Å²) in [6.07, 6.45) is 5.10. The molecule has 4 rings (SSSR count). The largest absolute Gasteiger partial charge is 0.491 e. The fraction of sp³-hybridized carbons (Fsp3) is 0.462. The summed E-state index contributed by atoms with van der Waals surface area (Å²) in [4.78, 5) is 30.3. The quantitative estimate of drug-likeness (QED) is 0.667. The van der Waals surface area contributed by atoms with Gasteiger partial charge < -0.3 is 14.5 Å². The second-order valence-electron chi connectivity index (χ2n) is 9.01. The minimum absolute atomic E-state index is 0.0894. The van der Waals surface area contributed by atoms with Gasteiger partial charge in [-0.3, -0.25) is 9.59 Å². The van der Waals surface area contributed by atoms with Crippen LogP contribution in [0.25, 0.3) is 0 Å². The lowest BCUT2D eigenvalue weighted by Gasteiger charge is -2.44. The van der Waals surface area contributed by atoms with E-state index in [0.29, 0.717) is 31.8 Å². The Morgan fingerprint density at radius 3 is 2.56 bits per heavy atom. The van der Waals surface area contributed by atoms with Crippen molar-refractivity contribution in [1.82, 2.24) is 9.80 Å². The number of amides is 2. The number of piperidine rings is 1. The zero-order chi connectivity index (χ0) is 22.6. The second-order valence-corrected chi connectivity index (χ2v) is 9.01. The normalized spacial score (nSPS) is 22.5. The molecule has 2 aromatic carbocycles. The number of rotatable bonds is 1. The minimum atomic E-state index is -0.582. The molecule has 0 saturated carbocycles. The van der Waals surface area contributed by atoms with E-state index in [1.807, 2.05) is 25.2 Å². The van der Waals surface area contributed by atoms with Gasteiger partial charge in [-0.05, 0) is 68.0 Å². The highest BCUT2D eigenvalue weighted by atomic mass is 19.1. The summed E-state index contributed by atoms with van der Waals surface area (Å²) in [6, 6.07) is 13.7. The maximum Gasteiger partial charge on any atom is 0.253 e. The van der Waals surface area contributed by atoms with E-state index in [1.165, 1.54) is 29.8 Å². The van der Waals surface area contributed by atoms with Crippen molar-refractivity contribution in [2.24, 2.45) is 5.41 Å². The van der Waals surface area contributed by atoms with Crippen LogP contribution in [-0.2, 0) is 11.2 Å². The van der Waals surface area contributed by atoms with E-state index in [4.69, 9.17) is 4.74 Å². The standard InChI is InChI=1S/C26H31FN2O3/c1-28-17-18-32-23-9-3-2-7-20(23)8-4-5-14-26(25(28)31)15-6-16-29(19-26)24(30)21-10-12-22(27)13-11-21/h2-3,7,9-13H,4-6,8,14-19H2,1H3. The summed E-state index contributed by atoms with van der Waals surface area (Å²) in [6.45, 7) is 1.96. The van der Waals surface area contributed by atoms with Gasteiger partial charge in [-0.15, -0.1) is 0 Å². The molecule has 2 heterocycles. The number of halogens is 1. The first-order valence-corrected chi connectivity index (χ1v) is 11.5. The number of fused-ring (bicyclic) bond motifs is 1. The lowest BCUT2D eigenvalue weighted by Crippen LogP contribution is -2.54. The highest BCUT2D eigenvalue weighted by Gasteiger charge is 2.44. The number of hydrogen-bond donors (Lipinski definition) is 0. The van der Waals surface area contributed by atoms with Gasteiger partial charge in [-0.1, -0.05) is 24.6 Å². The molecule has 1 atom stereocenters. The summed E-state index contributed by atoms with van der Waals surface area (Å²) < 4.78 is 19.3. The van der Waals surface area contributed by atoms with Gasteiger partial charge >= 0.3 is 0 Å². The van der Waals surface area contributed by atoms with Crippen molar-refractivity contribution in [1.29, 1.82) is 0 Å². The average molecular weight is 439 g/mol. The second kappa shape index (κ2) is 9.72. The Kier molecular flexibility index (Phi) is 6.77. The molecule has 0 aliphatic carbocycles. The molecule has 5 nitrogen and oxygen atoms in total. The van der Waals surface area contributed by atoms with Crippen LogP contribution < -0.4 is 4.74 Å². The number of hydrogen-bond acceptors (Lipinski definition) is 3. The lowest BCUT2D eigenvalue weighted by molar-refractivity contribution is -0.144. The molecule has 1 saturated heterocycles. The Balaban J connectivity index is 1.53. The number of likely N-dealkylation sites (N-methyl/N-ethyl adjacent to an activating group) is 1. The van der Waals surface area contributed by atoms with Crippen molar-refractivity contribution in [3.8, 4) is 5.75 Å². The number of carbonyl (C=O) groups excluding carboxylic acids is 2. The predicted molar refractivity (Wildman–Crippen MR) is 121 cm³/mol. The van der Waals surface area contributed by atoms with E-state index in [1.54, 1.807) is 9.80 Å². The molecule has 1 fully saturated rings. The molecule has 0 radical (unpaired) electrons. The summed E-state index contributed by atoms with van der Waals surface area (Å²) in [5.74, 6) is 0.489. The first-order chi connectivity index (χ1) is 15.5. The van der Waals surface area contributed by atoms with Crippen LogP contribution in [-0.4, -0.2) is 54.9 Å². The van der Waals surface area contributed by atoms with Crippen molar-refractivity contribution in [2.75, 3.05) is 33.3 Å². The van der Waals surface area contributed by atoms with E-state index >= 15 is 0 Å². The maximum absolute atomic E-state index is 13.6. The molecule has 0 aromatic heterocycles. The molecule has 2 aromatic rings. The minimum Gasteiger partial charge on any atom is -0.491 e. The molecular weight excluding hydrogens is 407 g/mol. The Bertz CT molecular complexity index is 962. The topological polar surface area (TPSA) is 49.9 Å². The van der Waals surface area contributed by atoms with Crippen LogP contribution in [0.5, 0.6) is 5.75 Å². The smallest absolute Gasteiger partial charge is 0.253 e.